The minimum absolute atomic E-state index is 0.0219. The average molecular weight is 1740 g/mol. The number of nitrogens with one attached hydrogen (secondary N) is 7. The molecule has 25 nitrogen and oxygen atoms in total. The Balaban J connectivity index is 0.000000145. The Labute approximate surface area is 744 Å². The van der Waals surface area contributed by atoms with Gasteiger partial charge in [-0.05, 0) is 256 Å². The fraction of sp³-hybridized carbons (Fsp3) is 0.190. The van der Waals surface area contributed by atoms with Gasteiger partial charge in [0.05, 0.1) is 38.4 Å². The van der Waals surface area contributed by atoms with Crippen LogP contribution < -0.4 is 32.7 Å². The molecule has 0 saturated carbocycles. The molecule has 9 aromatic carbocycles. The maximum absolute atomic E-state index is 13.7. The quantitative estimate of drug-likeness (QED) is 0.0219. The van der Waals surface area contributed by atoms with Crippen molar-refractivity contribution in [3.8, 4) is 0 Å². The maximum Gasteiger partial charge on any atom is 0.276 e. The van der Waals surface area contributed by atoms with E-state index in [0.29, 0.717) is 102 Å². The van der Waals surface area contributed by atoms with Crippen molar-refractivity contribution in [3.63, 3.8) is 0 Å². The van der Waals surface area contributed by atoms with Gasteiger partial charge in [0.25, 0.3) is 34.8 Å². The summed E-state index contributed by atoms with van der Waals surface area (Å²) in [7, 11) is 0. The van der Waals surface area contributed by atoms with Crippen molar-refractivity contribution in [2.75, 3.05) is 45.8 Å². The first-order valence-electron chi connectivity index (χ1n) is 41.7. The molecule has 11 N–H and O–H groups in total. The Morgan fingerprint density at radius 2 is 0.787 bits per heavy atom. The summed E-state index contributed by atoms with van der Waals surface area (Å²) in [5.41, 5.74) is 31.2. The number of carbonyl (C=O) groups is 8. The van der Waals surface area contributed by atoms with Gasteiger partial charge >= 0.3 is 0 Å². The number of anilines is 6. The number of amides is 6. The first-order chi connectivity index (χ1) is 61.2. The molecule has 6 amide bonds. The molecule has 3 aliphatic rings. The third kappa shape index (κ3) is 21.0. The van der Waals surface area contributed by atoms with Crippen LogP contribution in [0.2, 0.25) is 0 Å². The van der Waals surface area contributed by atoms with Crippen molar-refractivity contribution in [1.29, 1.82) is 0 Å². The predicted octanol–water partition coefficient (Wildman–Crippen LogP) is 19.2. The first-order valence-corrected chi connectivity index (χ1v) is 42.4. The zero-order chi connectivity index (χ0) is 89.7. The molecule has 0 bridgehead atoms. The van der Waals surface area contributed by atoms with E-state index in [4.69, 9.17) is 50.0 Å². The Kier molecular flexibility index (Phi) is 27.6. The molecule has 2 aliphatic heterocycles. The molecule has 1 aliphatic carbocycles. The van der Waals surface area contributed by atoms with Crippen molar-refractivity contribution >= 4 is 136 Å². The zero-order valence-electron chi connectivity index (χ0n) is 71.1. The highest BCUT2D eigenvalue weighted by molar-refractivity contribution is 6.67. The normalized spacial score (nSPS) is 14.1. The lowest BCUT2D eigenvalue weighted by Crippen LogP contribution is -2.38. The summed E-state index contributed by atoms with van der Waals surface area (Å²) in [6.45, 7) is 22.1. The van der Waals surface area contributed by atoms with Gasteiger partial charge < -0.3 is 57.5 Å². The number of nitrogens with zero attached hydrogens (tertiary/aromatic N) is 8. The molecule has 1 unspecified atom stereocenters. The van der Waals surface area contributed by atoms with E-state index in [2.05, 4.69) is 105 Å². The summed E-state index contributed by atoms with van der Waals surface area (Å²) < 4.78 is 5.89. The van der Waals surface area contributed by atoms with E-state index >= 15 is 0 Å². The van der Waals surface area contributed by atoms with Gasteiger partial charge in [-0.3, -0.25) is 52.4 Å². The van der Waals surface area contributed by atoms with Gasteiger partial charge in [0.15, 0.2) is 17.1 Å². The van der Waals surface area contributed by atoms with E-state index in [9.17, 15) is 38.4 Å². The molecule has 0 spiro atoms. The number of aromatic nitrogens is 9. The van der Waals surface area contributed by atoms with Gasteiger partial charge in [-0.2, -0.15) is 15.3 Å². The molecule has 127 heavy (non-hydrogen) atoms. The van der Waals surface area contributed by atoms with E-state index in [-0.39, 0.29) is 53.8 Å². The molecule has 8 heterocycles. The number of carbonyl (C=O) groups excluding carboxylic acids is 8. The second kappa shape index (κ2) is 39.7. The molecule has 0 fully saturated rings. The second-order valence-electron chi connectivity index (χ2n) is 31.9. The molecule has 15 aromatic rings. The van der Waals surface area contributed by atoms with Gasteiger partial charge in [-0.1, -0.05) is 143 Å². The summed E-state index contributed by atoms with van der Waals surface area (Å²) in [6.07, 6.45) is 10.5. The van der Waals surface area contributed by atoms with E-state index in [0.717, 1.165) is 120 Å². The summed E-state index contributed by atoms with van der Waals surface area (Å²) in [5, 5.41) is 31.9. The monoisotopic (exact) mass is 1730 g/mol. The third-order valence-electron chi connectivity index (χ3n) is 22.5. The van der Waals surface area contributed by atoms with Crippen molar-refractivity contribution in [2.45, 2.75) is 111 Å². The molecule has 18 rings (SSSR count). The molecule has 0 radical (unpaired) electrons. The highest BCUT2D eigenvalue weighted by Gasteiger charge is 2.38. The number of benzene rings is 9. The van der Waals surface area contributed by atoms with Crippen LogP contribution in [0.25, 0.3) is 32.3 Å². The molecule has 644 valence electrons. The number of fused-ring (bicyclic) bond motifs is 6. The number of nitrogen functional groups attached to an aromatic ring is 2. The van der Waals surface area contributed by atoms with Crippen LogP contribution in [-0.2, 0) is 48.7 Å². The number of nitrogens with two attached hydrogens (primary N) is 2. The minimum Gasteiger partial charge on any atom is -0.399 e. The molecule has 6 aromatic heterocycles. The van der Waals surface area contributed by atoms with Crippen LogP contribution in [0.5, 0.6) is 0 Å². The van der Waals surface area contributed by atoms with Gasteiger partial charge in [0.1, 0.15) is 11.4 Å². The Hall–Kier alpha value is -15.0. The van der Waals surface area contributed by atoms with E-state index < -0.39 is 10.5 Å². The van der Waals surface area contributed by atoms with Gasteiger partial charge in [-0.15, -0.1) is 0 Å². The number of hydrogen-bond acceptors (Lipinski definition) is 13. The summed E-state index contributed by atoms with van der Waals surface area (Å²) >= 11 is 9.78. The fourth-order valence-electron chi connectivity index (χ4n) is 16.8. The average Bonchev–Trinajstić information content (AvgIpc) is 1.61. The van der Waals surface area contributed by atoms with Gasteiger partial charge in [0.2, 0.25) is 11.1 Å². The highest BCUT2D eigenvalue weighted by atomic mass is 35.5. The third-order valence-corrected chi connectivity index (χ3v) is 22.8. The van der Waals surface area contributed by atoms with E-state index in [1.54, 1.807) is 58.7 Å². The lowest BCUT2D eigenvalue weighted by atomic mass is 9.87. The smallest absolute Gasteiger partial charge is 0.276 e. The van der Waals surface area contributed by atoms with Crippen LogP contribution in [0, 0.1) is 20.8 Å². The zero-order valence-corrected chi connectivity index (χ0v) is 72.7. The Bertz CT molecular complexity index is 6660. The van der Waals surface area contributed by atoms with Crippen molar-refractivity contribution in [2.24, 2.45) is 0 Å². The fourth-order valence-corrected chi connectivity index (χ4v) is 16.9. The van der Waals surface area contributed by atoms with Crippen LogP contribution in [0.1, 0.15) is 181 Å². The summed E-state index contributed by atoms with van der Waals surface area (Å²) in [5.74, 6) is -0.936. The largest absolute Gasteiger partial charge is 0.399 e. The highest BCUT2D eigenvalue weighted by Crippen LogP contribution is 2.39. The SMILES string of the molecule is C=CC(=O)Cl.C=CC(=O)Nc1ccc2c(Cn3nc(C(=O)Nc4cccc(C)c4)c4c3[C@H](C)CN(C(=O)c3ccc[nH]3)C4)cccc2c1.Cc1cccc(NC(=O)c2nn(Cc3cccc4cc(N)ccc34)c3c2CCCC3C)c1.Cc1cccc(NC(=O)c2nn(Cc3cccc4cc(N)ccc34)c3c2CN(C(=O)c2ccc[nH]2)C[C@H]3C)c1.O=C(Cl)c1ccc[nH]1. The Morgan fingerprint density at radius 1 is 0.425 bits per heavy atom. The minimum atomic E-state index is -0.509. The summed E-state index contributed by atoms with van der Waals surface area (Å²) in [4.78, 5) is 111. The number of H-pyrrole nitrogens is 3. The van der Waals surface area contributed by atoms with Crippen molar-refractivity contribution in [3.05, 3.63) is 364 Å². The topological polar surface area (TPSA) is 344 Å². The number of rotatable bonds is 18. The van der Waals surface area contributed by atoms with Crippen LogP contribution in [0.15, 0.2) is 262 Å². The number of aromatic amines is 3. The molecule has 3 atom stereocenters. The van der Waals surface area contributed by atoms with Crippen LogP contribution in [-0.4, -0.2) is 113 Å². The predicted molar refractivity (Wildman–Crippen MR) is 502 cm³/mol. The van der Waals surface area contributed by atoms with E-state index in [1.165, 1.54) is 22.7 Å². The van der Waals surface area contributed by atoms with Crippen LogP contribution in [0.4, 0.5) is 34.1 Å². The van der Waals surface area contributed by atoms with Gasteiger partial charge in [0, 0.05) is 111 Å². The lowest BCUT2D eigenvalue weighted by Gasteiger charge is -2.32. The first kappa shape index (κ1) is 88.4. The number of allylic oxidation sites excluding steroid dienone is 1. The van der Waals surface area contributed by atoms with Gasteiger partial charge in [-0.25, -0.2) is 0 Å². The summed E-state index contributed by atoms with van der Waals surface area (Å²) in [6, 6.07) is 69.7. The van der Waals surface area contributed by atoms with Crippen LogP contribution in [0.3, 0.4) is 0 Å². The van der Waals surface area contributed by atoms with Crippen LogP contribution >= 0.6 is 23.2 Å². The molecule has 0 saturated heterocycles. The number of halogens is 2. The molecular formula is C100H97Cl2N17O8. The lowest BCUT2D eigenvalue weighted by molar-refractivity contribution is -0.112. The second-order valence-corrected chi connectivity index (χ2v) is 32.6. The Morgan fingerprint density at radius 3 is 1.15 bits per heavy atom. The number of aryl methyl sites for hydroxylation is 3. The van der Waals surface area contributed by atoms with Crippen molar-refractivity contribution in [1.82, 2.24) is 54.1 Å². The number of hydrogen-bond donors (Lipinski definition) is 9. The van der Waals surface area contributed by atoms with E-state index in [1.807, 2.05) is 188 Å². The molecular weight excluding hydrogens is 1640 g/mol. The van der Waals surface area contributed by atoms with Crippen molar-refractivity contribution < 1.29 is 38.4 Å². The standard InChI is InChI=1S/C34H32N6O3.C31H30N6O2.C27H28N4O.C5H4ClNO.C3H3ClO/c1-4-30(41)36-26-13-14-27-23(17-26)9-6-10-24(27)19-40-32-22(3)18-39(34(43)29-12-7-15-35-29)20-28(32)31(38-40)33(42)37-25-11-5-8-21(2)16-25;1-19-6-3-9-24(14-19)34-30(38)28-26-18-36(31(39)27-10-5-13-33-27)16-20(2)29(26)37(35-28)17-22-8-4-7-21-15-23(32)11-12-25(21)22;1-17-6-3-10-22(14-17)29-27(32)25-24-11-4-7-18(2)26(24)31(30-25)16-20-9-5-8-19-15-21(28)12-13-23(19)20;6-5(8)4-2-1-3-7-4;1-2-3(4)5/h4-17,22,35H,1,18-20H2,2-3H3,(H,36,41)(H,37,42);3-15,20,33H,16-18,32H2,1-2H3,(H,34,38);3,5-6,8-10,12-15,18H,4,7,11,16,28H2,1-2H3,(H,29,32);1-3,7H;2H,1H2/t22-;20-;;;/m11.../s1. The molecule has 27 heteroatoms. The maximum atomic E-state index is 13.7.